The first-order chi connectivity index (χ1) is 11.2. The molecule has 0 spiro atoms. The number of likely N-dealkylation sites (tertiary alicyclic amines) is 1. The maximum atomic E-state index is 13.4. The van der Waals surface area contributed by atoms with E-state index in [1.54, 1.807) is 12.3 Å². The fourth-order valence-corrected chi connectivity index (χ4v) is 2.84. The number of halogens is 1. The molecule has 1 aromatic carbocycles. The second-order valence-corrected chi connectivity index (χ2v) is 5.82. The van der Waals surface area contributed by atoms with Crippen molar-refractivity contribution in [2.45, 2.75) is 13.0 Å². The van der Waals surface area contributed by atoms with E-state index in [4.69, 9.17) is 0 Å². The van der Waals surface area contributed by atoms with Crippen LogP contribution < -0.4 is 0 Å². The summed E-state index contributed by atoms with van der Waals surface area (Å²) in [5, 5.41) is 0. The van der Waals surface area contributed by atoms with Crippen molar-refractivity contribution in [3.8, 4) is 11.1 Å². The summed E-state index contributed by atoms with van der Waals surface area (Å²) in [5.74, 6) is -0.143. The van der Waals surface area contributed by atoms with Crippen molar-refractivity contribution >= 4 is 16.9 Å². The van der Waals surface area contributed by atoms with Gasteiger partial charge in [0.15, 0.2) is 0 Å². The van der Waals surface area contributed by atoms with Gasteiger partial charge in [-0.2, -0.15) is 0 Å². The van der Waals surface area contributed by atoms with Crippen LogP contribution in [0.5, 0.6) is 0 Å². The Labute approximate surface area is 133 Å². The first-order valence-corrected chi connectivity index (χ1v) is 7.69. The van der Waals surface area contributed by atoms with E-state index >= 15 is 0 Å². The van der Waals surface area contributed by atoms with Crippen molar-refractivity contribution < 1.29 is 9.18 Å². The molecule has 3 aromatic rings. The summed E-state index contributed by atoms with van der Waals surface area (Å²) in [7, 11) is 0. The highest BCUT2D eigenvalue weighted by atomic mass is 19.1. The van der Waals surface area contributed by atoms with Crippen molar-refractivity contribution in [2.24, 2.45) is 0 Å². The van der Waals surface area contributed by atoms with Crippen LogP contribution in [-0.2, 0) is 11.3 Å². The Morgan fingerprint density at radius 2 is 2.04 bits per heavy atom. The predicted octanol–water partition coefficient (Wildman–Crippen LogP) is 3.07. The summed E-state index contributed by atoms with van der Waals surface area (Å²) in [6.45, 7) is 2.02. The number of pyridine rings is 1. The third kappa shape index (κ3) is 2.59. The number of carbonyl (C=O) groups excluding carboxylic acids is 1. The lowest BCUT2D eigenvalue weighted by molar-refractivity contribution is -0.135. The minimum Gasteiger partial charge on any atom is -0.341 e. The number of rotatable bonds is 3. The van der Waals surface area contributed by atoms with Crippen LogP contribution in [0.4, 0.5) is 4.39 Å². The summed E-state index contributed by atoms with van der Waals surface area (Å²) >= 11 is 0. The molecule has 2 aromatic heterocycles. The molecular weight excluding hydrogens is 293 g/mol. The van der Waals surface area contributed by atoms with E-state index < -0.39 is 0 Å². The topological polar surface area (TPSA) is 38.1 Å². The molecule has 4 nitrogen and oxygen atoms in total. The van der Waals surface area contributed by atoms with Gasteiger partial charge in [-0.15, -0.1) is 0 Å². The Hall–Kier alpha value is -2.69. The average Bonchev–Trinajstić information content (AvgIpc) is 2.88. The molecule has 5 heteroatoms. The quantitative estimate of drug-likeness (QED) is 0.746. The highest BCUT2D eigenvalue weighted by Gasteiger charge is 2.20. The van der Waals surface area contributed by atoms with Crippen molar-refractivity contribution in [2.75, 3.05) is 13.1 Å². The number of aromatic nitrogens is 2. The van der Waals surface area contributed by atoms with Gasteiger partial charge in [-0.05, 0) is 36.2 Å². The summed E-state index contributed by atoms with van der Waals surface area (Å²) < 4.78 is 15.3. The number of benzene rings is 1. The van der Waals surface area contributed by atoms with Crippen LogP contribution in [0, 0.1) is 5.82 Å². The zero-order valence-corrected chi connectivity index (χ0v) is 12.6. The lowest BCUT2D eigenvalue weighted by atomic mass is 10.1. The Balaban J connectivity index is 1.69. The summed E-state index contributed by atoms with van der Waals surface area (Å²) in [6, 6.07) is 10.3. The number of fused-ring (bicyclic) bond motifs is 1. The largest absolute Gasteiger partial charge is 0.341 e. The monoisotopic (exact) mass is 309 g/mol. The lowest BCUT2D eigenvalue weighted by Gasteiger charge is -2.31. The molecule has 0 N–H and O–H groups in total. The van der Waals surface area contributed by atoms with E-state index in [9.17, 15) is 9.18 Å². The maximum absolute atomic E-state index is 13.4. The molecule has 23 heavy (non-hydrogen) atoms. The van der Waals surface area contributed by atoms with E-state index in [2.05, 4.69) is 4.98 Å². The second kappa shape index (κ2) is 5.50. The lowest BCUT2D eigenvalue weighted by Crippen LogP contribution is -2.43. The smallest absolute Gasteiger partial charge is 0.242 e. The number of nitrogens with zero attached hydrogens (tertiary/aromatic N) is 3. The summed E-state index contributed by atoms with van der Waals surface area (Å²) in [6.07, 6.45) is 4.70. The Kier molecular flexibility index (Phi) is 3.33. The Morgan fingerprint density at radius 3 is 2.78 bits per heavy atom. The van der Waals surface area contributed by atoms with Gasteiger partial charge in [0.05, 0.1) is 11.0 Å². The molecule has 3 heterocycles. The molecule has 0 atom stereocenters. The standard InChI is InChI=1S/C18H16FN3O/c19-15-4-1-3-13(9-15)14-10-17-16(20-11-14)5-8-22(17)12-18(23)21-6-2-7-21/h1,3-5,8-11H,2,6-7,12H2. The van der Waals surface area contributed by atoms with Crippen LogP contribution in [0.1, 0.15) is 6.42 Å². The highest BCUT2D eigenvalue weighted by molar-refractivity contribution is 5.84. The molecule has 116 valence electrons. The third-order valence-electron chi connectivity index (χ3n) is 4.29. The minimum atomic E-state index is -0.272. The molecule has 1 aliphatic heterocycles. The molecule has 4 rings (SSSR count). The van der Waals surface area contributed by atoms with Crippen LogP contribution in [0.25, 0.3) is 22.2 Å². The van der Waals surface area contributed by atoms with Crippen LogP contribution in [-0.4, -0.2) is 33.4 Å². The first-order valence-electron chi connectivity index (χ1n) is 7.69. The molecule has 0 aliphatic carbocycles. The van der Waals surface area contributed by atoms with Crippen molar-refractivity contribution in [1.82, 2.24) is 14.5 Å². The number of amides is 1. The van der Waals surface area contributed by atoms with Crippen LogP contribution in [0.15, 0.2) is 48.8 Å². The zero-order chi connectivity index (χ0) is 15.8. The van der Waals surface area contributed by atoms with Gasteiger partial charge in [0, 0.05) is 31.0 Å². The van der Waals surface area contributed by atoms with Crippen LogP contribution >= 0.6 is 0 Å². The molecule has 0 bridgehead atoms. The number of carbonyl (C=O) groups is 1. The fraction of sp³-hybridized carbons (Fsp3) is 0.222. The Morgan fingerprint density at radius 1 is 1.17 bits per heavy atom. The van der Waals surface area contributed by atoms with Gasteiger partial charge < -0.3 is 9.47 Å². The number of hydrogen-bond donors (Lipinski definition) is 0. The molecule has 1 aliphatic rings. The summed E-state index contributed by atoms with van der Waals surface area (Å²) in [5.41, 5.74) is 3.34. The molecular formula is C18H16FN3O. The van der Waals surface area contributed by atoms with Crippen molar-refractivity contribution in [3.63, 3.8) is 0 Å². The Bertz CT molecular complexity index is 883. The van der Waals surface area contributed by atoms with Gasteiger partial charge in [-0.1, -0.05) is 12.1 Å². The highest BCUT2D eigenvalue weighted by Crippen LogP contribution is 2.24. The van der Waals surface area contributed by atoms with E-state index in [1.807, 2.05) is 33.9 Å². The number of hydrogen-bond acceptors (Lipinski definition) is 2. The van der Waals surface area contributed by atoms with Crippen LogP contribution in [0.3, 0.4) is 0 Å². The van der Waals surface area contributed by atoms with E-state index in [1.165, 1.54) is 12.1 Å². The van der Waals surface area contributed by atoms with Crippen molar-refractivity contribution in [3.05, 3.63) is 54.6 Å². The van der Waals surface area contributed by atoms with Crippen LogP contribution in [0.2, 0.25) is 0 Å². The molecule has 0 unspecified atom stereocenters. The van der Waals surface area contributed by atoms with Gasteiger partial charge in [0.2, 0.25) is 5.91 Å². The molecule has 1 fully saturated rings. The first kappa shape index (κ1) is 13.9. The van der Waals surface area contributed by atoms with Gasteiger partial charge in [-0.3, -0.25) is 9.78 Å². The molecule has 1 amide bonds. The zero-order valence-electron chi connectivity index (χ0n) is 12.6. The van der Waals surface area contributed by atoms with Gasteiger partial charge in [-0.25, -0.2) is 4.39 Å². The molecule has 0 radical (unpaired) electrons. The maximum Gasteiger partial charge on any atom is 0.242 e. The van der Waals surface area contributed by atoms with Gasteiger partial charge >= 0.3 is 0 Å². The third-order valence-corrected chi connectivity index (χ3v) is 4.29. The van der Waals surface area contributed by atoms with E-state index in [0.717, 1.165) is 41.7 Å². The minimum absolute atomic E-state index is 0.130. The molecule has 0 saturated carbocycles. The van der Waals surface area contributed by atoms with Crippen molar-refractivity contribution in [1.29, 1.82) is 0 Å². The average molecular weight is 309 g/mol. The van der Waals surface area contributed by atoms with Gasteiger partial charge in [0.1, 0.15) is 12.4 Å². The second-order valence-electron chi connectivity index (χ2n) is 5.82. The SMILES string of the molecule is O=C(Cn1ccc2ncc(-c3cccc(F)c3)cc21)N1CCC1. The van der Waals surface area contributed by atoms with E-state index in [-0.39, 0.29) is 11.7 Å². The van der Waals surface area contributed by atoms with E-state index in [0.29, 0.717) is 6.54 Å². The molecule has 1 saturated heterocycles. The normalized spacial score (nSPS) is 14.0. The van der Waals surface area contributed by atoms with Gasteiger partial charge in [0.25, 0.3) is 0 Å². The summed E-state index contributed by atoms with van der Waals surface area (Å²) in [4.78, 5) is 18.5. The predicted molar refractivity (Wildman–Crippen MR) is 86.3 cm³/mol. The fourth-order valence-electron chi connectivity index (χ4n) is 2.84.